The molecule has 0 radical (unpaired) electrons. The molecule has 0 aliphatic rings. The van der Waals surface area contributed by atoms with Gasteiger partial charge in [-0.2, -0.15) is 0 Å². The van der Waals surface area contributed by atoms with Crippen LogP contribution in [0.25, 0.3) is 22.4 Å². The minimum atomic E-state index is 0.632. The maximum atomic E-state index is 4.57. The number of aromatic nitrogens is 3. The Morgan fingerprint density at radius 1 is 0.944 bits per heavy atom. The first-order chi connectivity index (χ1) is 8.86. The topological polar surface area (TPSA) is 50.7 Å². The third-order valence-corrected chi connectivity index (χ3v) is 2.74. The molecule has 0 unspecified atom stereocenters. The molecule has 0 amide bonds. The molecule has 2 heterocycles. The van der Waals surface area contributed by atoms with Gasteiger partial charge in [-0.3, -0.25) is 0 Å². The number of benzene rings is 1. The van der Waals surface area contributed by atoms with Crippen LogP contribution in [0.4, 0.5) is 5.82 Å². The number of hydrogen-bond donors (Lipinski definition) is 1. The van der Waals surface area contributed by atoms with Crippen molar-refractivity contribution in [3.63, 3.8) is 0 Å². The highest BCUT2D eigenvalue weighted by Crippen LogP contribution is 2.18. The van der Waals surface area contributed by atoms with Crippen molar-refractivity contribution in [1.82, 2.24) is 15.0 Å². The van der Waals surface area contributed by atoms with E-state index in [1.807, 2.05) is 49.5 Å². The number of anilines is 1. The van der Waals surface area contributed by atoms with E-state index in [2.05, 4.69) is 20.3 Å². The van der Waals surface area contributed by atoms with Gasteiger partial charge >= 0.3 is 0 Å². The first-order valence-electron chi connectivity index (χ1n) is 5.74. The van der Waals surface area contributed by atoms with Gasteiger partial charge in [0.25, 0.3) is 0 Å². The van der Waals surface area contributed by atoms with E-state index in [1.165, 1.54) is 0 Å². The minimum absolute atomic E-state index is 0.632. The molecule has 3 aromatic rings. The van der Waals surface area contributed by atoms with Crippen molar-refractivity contribution in [2.75, 3.05) is 12.4 Å². The normalized spacial score (nSPS) is 10.5. The van der Waals surface area contributed by atoms with Gasteiger partial charge < -0.3 is 5.32 Å². The SMILES string of the molecule is CNc1ccnc(-c2ccc3ccccc3n2)n1. The first kappa shape index (κ1) is 10.7. The standard InChI is InChI=1S/C14H12N4/c1-15-13-8-9-16-14(18-13)12-7-6-10-4-2-3-5-11(10)17-12/h2-9H,1H3,(H,15,16,18). The second kappa shape index (κ2) is 4.41. The highest BCUT2D eigenvalue weighted by molar-refractivity contribution is 5.80. The highest BCUT2D eigenvalue weighted by atomic mass is 15.0. The Bertz CT molecular complexity index is 694. The molecule has 0 fully saturated rings. The molecular formula is C14H12N4. The quantitative estimate of drug-likeness (QED) is 0.743. The Balaban J connectivity index is 2.13. The summed E-state index contributed by atoms with van der Waals surface area (Å²) >= 11 is 0. The van der Waals surface area contributed by atoms with Crippen LogP contribution in [-0.4, -0.2) is 22.0 Å². The molecule has 0 spiro atoms. The van der Waals surface area contributed by atoms with E-state index >= 15 is 0 Å². The van der Waals surface area contributed by atoms with Gasteiger partial charge in [0.1, 0.15) is 11.5 Å². The van der Waals surface area contributed by atoms with E-state index in [-0.39, 0.29) is 0 Å². The van der Waals surface area contributed by atoms with Gasteiger partial charge in [-0.1, -0.05) is 24.3 Å². The van der Waals surface area contributed by atoms with Crippen molar-refractivity contribution in [2.24, 2.45) is 0 Å². The summed E-state index contributed by atoms with van der Waals surface area (Å²) in [6.45, 7) is 0. The Labute approximate surface area is 105 Å². The lowest BCUT2D eigenvalue weighted by molar-refractivity contribution is 1.14. The van der Waals surface area contributed by atoms with E-state index in [1.54, 1.807) is 6.20 Å². The molecule has 2 aromatic heterocycles. The molecule has 0 aliphatic carbocycles. The fraction of sp³-hybridized carbons (Fsp3) is 0.0714. The fourth-order valence-electron chi connectivity index (χ4n) is 1.81. The fourth-order valence-corrected chi connectivity index (χ4v) is 1.81. The number of nitrogens with one attached hydrogen (secondary N) is 1. The molecule has 18 heavy (non-hydrogen) atoms. The molecule has 3 rings (SSSR count). The van der Waals surface area contributed by atoms with E-state index in [9.17, 15) is 0 Å². The van der Waals surface area contributed by atoms with Crippen molar-refractivity contribution < 1.29 is 0 Å². The minimum Gasteiger partial charge on any atom is -0.373 e. The molecule has 1 N–H and O–H groups in total. The van der Waals surface area contributed by atoms with Crippen molar-refractivity contribution in [3.05, 3.63) is 48.7 Å². The number of hydrogen-bond acceptors (Lipinski definition) is 4. The number of rotatable bonds is 2. The summed E-state index contributed by atoms with van der Waals surface area (Å²) < 4.78 is 0. The van der Waals surface area contributed by atoms with E-state index < -0.39 is 0 Å². The lowest BCUT2D eigenvalue weighted by atomic mass is 10.2. The zero-order chi connectivity index (χ0) is 12.4. The third kappa shape index (κ3) is 1.88. The molecule has 1 aromatic carbocycles. The van der Waals surface area contributed by atoms with Crippen LogP contribution in [0.5, 0.6) is 0 Å². The molecule has 0 atom stereocenters. The lowest BCUT2D eigenvalue weighted by Crippen LogP contribution is -1.97. The van der Waals surface area contributed by atoms with Crippen LogP contribution in [0.1, 0.15) is 0 Å². The summed E-state index contributed by atoms with van der Waals surface area (Å²) in [5.41, 5.74) is 1.74. The molecule has 0 saturated heterocycles. The number of para-hydroxylation sites is 1. The summed E-state index contributed by atoms with van der Waals surface area (Å²) in [4.78, 5) is 13.2. The molecule has 4 heteroatoms. The van der Waals surface area contributed by atoms with Crippen LogP contribution in [-0.2, 0) is 0 Å². The molecule has 0 bridgehead atoms. The summed E-state index contributed by atoms with van der Waals surface area (Å²) in [6, 6.07) is 13.8. The van der Waals surface area contributed by atoms with Crippen LogP contribution in [0.3, 0.4) is 0 Å². The van der Waals surface area contributed by atoms with Crippen LogP contribution >= 0.6 is 0 Å². The number of pyridine rings is 1. The third-order valence-electron chi connectivity index (χ3n) is 2.74. The number of fused-ring (bicyclic) bond motifs is 1. The monoisotopic (exact) mass is 236 g/mol. The maximum Gasteiger partial charge on any atom is 0.180 e. The molecule has 4 nitrogen and oxygen atoms in total. The zero-order valence-corrected chi connectivity index (χ0v) is 9.96. The maximum absolute atomic E-state index is 4.57. The van der Waals surface area contributed by atoms with Crippen LogP contribution in [0.2, 0.25) is 0 Å². The van der Waals surface area contributed by atoms with Crippen LogP contribution in [0.15, 0.2) is 48.7 Å². The molecule has 88 valence electrons. The number of nitrogens with zero attached hydrogens (tertiary/aromatic N) is 3. The predicted molar refractivity (Wildman–Crippen MR) is 72.3 cm³/mol. The second-order valence-electron chi connectivity index (χ2n) is 3.90. The smallest absolute Gasteiger partial charge is 0.180 e. The second-order valence-corrected chi connectivity index (χ2v) is 3.90. The summed E-state index contributed by atoms with van der Waals surface area (Å²) in [5.74, 6) is 1.42. The van der Waals surface area contributed by atoms with Gasteiger partial charge in [0.05, 0.1) is 5.52 Å². The Hall–Kier alpha value is -2.49. The van der Waals surface area contributed by atoms with Gasteiger partial charge in [0.15, 0.2) is 5.82 Å². The molecule has 0 aliphatic heterocycles. The van der Waals surface area contributed by atoms with Gasteiger partial charge in [-0.05, 0) is 18.2 Å². The van der Waals surface area contributed by atoms with Gasteiger partial charge in [0.2, 0.25) is 0 Å². The summed E-state index contributed by atoms with van der Waals surface area (Å²) in [6.07, 6.45) is 1.73. The molecule has 0 saturated carbocycles. The molecular weight excluding hydrogens is 224 g/mol. The largest absolute Gasteiger partial charge is 0.373 e. The Kier molecular flexibility index (Phi) is 2.61. The Morgan fingerprint density at radius 2 is 1.83 bits per heavy atom. The summed E-state index contributed by atoms with van der Waals surface area (Å²) in [5, 5.41) is 4.11. The van der Waals surface area contributed by atoms with E-state index in [0.29, 0.717) is 5.82 Å². The highest BCUT2D eigenvalue weighted by Gasteiger charge is 2.04. The van der Waals surface area contributed by atoms with Crippen LogP contribution in [0, 0.1) is 0 Å². The van der Waals surface area contributed by atoms with Crippen molar-refractivity contribution in [1.29, 1.82) is 0 Å². The van der Waals surface area contributed by atoms with Crippen molar-refractivity contribution in [2.45, 2.75) is 0 Å². The van der Waals surface area contributed by atoms with Crippen LogP contribution < -0.4 is 5.32 Å². The Morgan fingerprint density at radius 3 is 2.72 bits per heavy atom. The summed E-state index contributed by atoms with van der Waals surface area (Å²) in [7, 11) is 1.83. The average Bonchev–Trinajstić information content (AvgIpc) is 2.47. The van der Waals surface area contributed by atoms with E-state index in [0.717, 1.165) is 22.4 Å². The van der Waals surface area contributed by atoms with Gasteiger partial charge in [-0.15, -0.1) is 0 Å². The predicted octanol–water partition coefficient (Wildman–Crippen LogP) is 2.73. The van der Waals surface area contributed by atoms with Crippen molar-refractivity contribution in [3.8, 4) is 11.5 Å². The zero-order valence-electron chi connectivity index (χ0n) is 9.96. The first-order valence-corrected chi connectivity index (χ1v) is 5.74. The van der Waals surface area contributed by atoms with Gasteiger partial charge in [0, 0.05) is 18.6 Å². The van der Waals surface area contributed by atoms with Gasteiger partial charge in [-0.25, -0.2) is 15.0 Å². The van der Waals surface area contributed by atoms with Crippen molar-refractivity contribution >= 4 is 16.7 Å². The lowest BCUT2D eigenvalue weighted by Gasteiger charge is -2.03. The van der Waals surface area contributed by atoms with E-state index in [4.69, 9.17) is 0 Å². The average molecular weight is 236 g/mol.